The van der Waals surface area contributed by atoms with Crippen LogP contribution in [0.4, 0.5) is 11.9 Å². The fraction of sp³-hybridized carbons (Fsp3) is 0.727. The van der Waals surface area contributed by atoms with Crippen molar-refractivity contribution < 1.29 is 9.47 Å². The fourth-order valence-electron chi connectivity index (χ4n) is 1.37. The Balaban J connectivity index is 2.82. The van der Waals surface area contributed by atoms with Crippen LogP contribution in [-0.4, -0.2) is 48.4 Å². The minimum atomic E-state index is 0.164. The second-order valence-corrected chi connectivity index (χ2v) is 3.65. The lowest BCUT2D eigenvalue weighted by Crippen LogP contribution is -2.25. The van der Waals surface area contributed by atoms with E-state index in [9.17, 15) is 0 Å². The third-order valence-corrected chi connectivity index (χ3v) is 2.31. The van der Waals surface area contributed by atoms with Crippen LogP contribution in [0.15, 0.2) is 0 Å². The van der Waals surface area contributed by atoms with Gasteiger partial charge in [0.2, 0.25) is 11.9 Å². The number of methoxy groups -OCH3 is 1. The zero-order valence-electron chi connectivity index (χ0n) is 11.4. The maximum Gasteiger partial charge on any atom is 0.323 e. The molecule has 0 bridgehead atoms. The van der Waals surface area contributed by atoms with Crippen LogP contribution < -0.4 is 15.4 Å². The van der Waals surface area contributed by atoms with Gasteiger partial charge in [-0.2, -0.15) is 15.0 Å². The number of aromatic nitrogens is 3. The predicted molar refractivity (Wildman–Crippen MR) is 70.1 cm³/mol. The van der Waals surface area contributed by atoms with Crippen molar-refractivity contribution in [2.24, 2.45) is 0 Å². The molecular weight excluding hydrogens is 234 g/mol. The molecule has 0 radical (unpaired) electrons. The Morgan fingerprint density at radius 1 is 1.17 bits per heavy atom. The molecule has 1 aromatic heterocycles. The molecule has 0 aliphatic rings. The van der Waals surface area contributed by atoms with Gasteiger partial charge in [0.25, 0.3) is 0 Å². The number of anilines is 2. The van der Waals surface area contributed by atoms with E-state index in [1.54, 1.807) is 14.2 Å². The van der Waals surface area contributed by atoms with Gasteiger partial charge in [0.1, 0.15) is 0 Å². The molecule has 1 rings (SSSR count). The molecule has 18 heavy (non-hydrogen) atoms. The van der Waals surface area contributed by atoms with Crippen LogP contribution in [0, 0.1) is 0 Å². The van der Waals surface area contributed by atoms with Gasteiger partial charge in [0, 0.05) is 14.2 Å². The second kappa shape index (κ2) is 7.65. The third kappa shape index (κ3) is 4.33. The van der Waals surface area contributed by atoms with E-state index in [2.05, 4.69) is 32.5 Å². The quantitative estimate of drug-likeness (QED) is 0.721. The molecular formula is C11H21N5O2. The van der Waals surface area contributed by atoms with Gasteiger partial charge in [-0.05, 0) is 13.3 Å². The molecule has 0 fully saturated rings. The molecule has 7 heteroatoms. The van der Waals surface area contributed by atoms with E-state index in [1.807, 2.05) is 6.92 Å². The molecule has 1 atom stereocenters. The van der Waals surface area contributed by atoms with Gasteiger partial charge in [0.15, 0.2) is 0 Å². The molecule has 1 heterocycles. The highest BCUT2D eigenvalue weighted by Crippen LogP contribution is 2.12. The van der Waals surface area contributed by atoms with Crippen LogP contribution in [0.25, 0.3) is 0 Å². The molecule has 0 aliphatic carbocycles. The van der Waals surface area contributed by atoms with Crippen molar-refractivity contribution in [3.63, 3.8) is 0 Å². The van der Waals surface area contributed by atoms with Gasteiger partial charge in [0.05, 0.1) is 19.3 Å². The van der Waals surface area contributed by atoms with E-state index in [0.29, 0.717) is 31.1 Å². The zero-order valence-corrected chi connectivity index (χ0v) is 11.4. The van der Waals surface area contributed by atoms with Crippen LogP contribution in [0.3, 0.4) is 0 Å². The second-order valence-electron chi connectivity index (χ2n) is 3.65. The maximum atomic E-state index is 5.29. The van der Waals surface area contributed by atoms with Crippen LogP contribution in [0.1, 0.15) is 20.3 Å². The summed E-state index contributed by atoms with van der Waals surface area (Å²) in [5, 5.41) is 6.07. The van der Waals surface area contributed by atoms with Gasteiger partial charge >= 0.3 is 6.01 Å². The molecule has 2 N–H and O–H groups in total. The molecule has 0 saturated heterocycles. The summed E-state index contributed by atoms with van der Waals surface area (Å²) < 4.78 is 10.4. The molecule has 7 nitrogen and oxygen atoms in total. The van der Waals surface area contributed by atoms with Crippen molar-refractivity contribution in [1.82, 2.24) is 15.0 Å². The SMILES string of the molecule is CCOc1nc(NC)nc(NC(CC)COC)n1. The zero-order chi connectivity index (χ0) is 13.4. The summed E-state index contributed by atoms with van der Waals surface area (Å²) in [5.74, 6) is 0.963. The molecule has 0 aliphatic heterocycles. The normalized spacial score (nSPS) is 12.0. The first-order valence-electron chi connectivity index (χ1n) is 6.05. The Bertz CT molecular complexity index is 361. The highest BCUT2D eigenvalue weighted by atomic mass is 16.5. The Kier molecular flexibility index (Phi) is 6.13. The fourth-order valence-corrected chi connectivity index (χ4v) is 1.37. The standard InChI is InChI=1S/C11H21N5O2/c1-5-8(7-17-4)13-10-14-9(12-3)15-11(16-10)18-6-2/h8H,5-7H2,1-4H3,(H2,12,13,14,15,16). The Hall–Kier alpha value is -1.63. The first-order valence-corrected chi connectivity index (χ1v) is 6.05. The smallest absolute Gasteiger partial charge is 0.323 e. The number of hydrogen-bond donors (Lipinski definition) is 2. The number of nitrogens with one attached hydrogen (secondary N) is 2. The first-order chi connectivity index (χ1) is 8.73. The largest absolute Gasteiger partial charge is 0.464 e. The van der Waals surface area contributed by atoms with Gasteiger partial charge in [-0.1, -0.05) is 6.92 Å². The van der Waals surface area contributed by atoms with Gasteiger partial charge < -0.3 is 20.1 Å². The van der Waals surface area contributed by atoms with E-state index in [4.69, 9.17) is 9.47 Å². The minimum Gasteiger partial charge on any atom is -0.464 e. The molecule has 0 aromatic carbocycles. The van der Waals surface area contributed by atoms with E-state index in [-0.39, 0.29) is 6.04 Å². The van der Waals surface area contributed by atoms with Crippen molar-refractivity contribution in [3.8, 4) is 6.01 Å². The summed E-state index contributed by atoms with van der Waals surface area (Å²) in [7, 11) is 3.42. The summed E-state index contributed by atoms with van der Waals surface area (Å²) in [4.78, 5) is 12.5. The Morgan fingerprint density at radius 2 is 1.89 bits per heavy atom. The molecule has 0 saturated carbocycles. The highest BCUT2D eigenvalue weighted by Gasteiger charge is 2.11. The predicted octanol–water partition coefficient (Wildman–Crippen LogP) is 1.15. The van der Waals surface area contributed by atoms with Crippen LogP contribution >= 0.6 is 0 Å². The molecule has 1 unspecified atom stereocenters. The highest BCUT2D eigenvalue weighted by molar-refractivity contribution is 5.36. The van der Waals surface area contributed by atoms with Crippen LogP contribution in [-0.2, 0) is 4.74 Å². The Morgan fingerprint density at radius 3 is 2.44 bits per heavy atom. The molecule has 1 aromatic rings. The molecule has 102 valence electrons. The Labute approximate surface area is 107 Å². The lowest BCUT2D eigenvalue weighted by molar-refractivity contribution is 0.184. The van der Waals surface area contributed by atoms with E-state index >= 15 is 0 Å². The maximum absolute atomic E-state index is 5.29. The monoisotopic (exact) mass is 255 g/mol. The van der Waals surface area contributed by atoms with E-state index in [1.165, 1.54) is 0 Å². The average Bonchev–Trinajstić information content (AvgIpc) is 2.38. The van der Waals surface area contributed by atoms with Crippen molar-refractivity contribution in [2.75, 3.05) is 38.0 Å². The first kappa shape index (κ1) is 14.4. The lowest BCUT2D eigenvalue weighted by atomic mass is 10.2. The summed E-state index contributed by atoms with van der Waals surface area (Å²) in [5.41, 5.74) is 0. The van der Waals surface area contributed by atoms with Gasteiger partial charge in [-0.15, -0.1) is 0 Å². The average molecular weight is 255 g/mol. The summed E-state index contributed by atoms with van der Waals surface area (Å²) in [6.45, 7) is 5.07. The van der Waals surface area contributed by atoms with Gasteiger partial charge in [-0.25, -0.2) is 0 Å². The number of rotatable bonds is 8. The summed E-state index contributed by atoms with van der Waals surface area (Å²) >= 11 is 0. The van der Waals surface area contributed by atoms with Crippen molar-refractivity contribution >= 4 is 11.9 Å². The third-order valence-electron chi connectivity index (χ3n) is 2.31. The summed E-state index contributed by atoms with van der Waals surface area (Å²) in [6, 6.07) is 0.475. The van der Waals surface area contributed by atoms with E-state index < -0.39 is 0 Å². The van der Waals surface area contributed by atoms with Crippen LogP contribution in [0.2, 0.25) is 0 Å². The number of ether oxygens (including phenoxy) is 2. The van der Waals surface area contributed by atoms with Crippen LogP contribution in [0.5, 0.6) is 6.01 Å². The molecule has 0 amide bonds. The topological polar surface area (TPSA) is 81.2 Å². The number of nitrogens with zero attached hydrogens (tertiary/aromatic N) is 3. The minimum absolute atomic E-state index is 0.164. The van der Waals surface area contributed by atoms with Gasteiger partial charge in [-0.3, -0.25) is 0 Å². The van der Waals surface area contributed by atoms with Crippen molar-refractivity contribution in [1.29, 1.82) is 0 Å². The number of hydrogen-bond acceptors (Lipinski definition) is 7. The van der Waals surface area contributed by atoms with Crippen molar-refractivity contribution in [2.45, 2.75) is 26.3 Å². The summed E-state index contributed by atoms with van der Waals surface area (Å²) in [6.07, 6.45) is 0.915. The van der Waals surface area contributed by atoms with E-state index in [0.717, 1.165) is 6.42 Å². The van der Waals surface area contributed by atoms with Crippen molar-refractivity contribution in [3.05, 3.63) is 0 Å². The lowest BCUT2D eigenvalue weighted by Gasteiger charge is -2.16. The molecule has 0 spiro atoms.